The molecule has 2 amide bonds. The lowest BCUT2D eigenvalue weighted by Crippen LogP contribution is -2.59. The quantitative estimate of drug-likeness (QED) is 0.919. The standard InChI is InChI=1S/C16H18N2O2S/c19-14-9-18(16(20)15(17-14)10-5-6-10)8-12-7-11-3-1-2-4-13(11)21-12/h1-4,10,12,15H,5-9H2,(H,17,19). The van der Waals surface area contributed by atoms with E-state index < -0.39 is 0 Å². The van der Waals surface area contributed by atoms with Crippen molar-refractivity contribution in [2.45, 2.75) is 35.4 Å². The molecule has 2 fully saturated rings. The van der Waals surface area contributed by atoms with Crippen LogP contribution in [0.25, 0.3) is 0 Å². The Labute approximate surface area is 128 Å². The summed E-state index contributed by atoms with van der Waals surface area (Å²) in [4.78, 5) is 27.4. The van der Waals surface area contributed by atoms with Crippen LogP contribution in [-0.4, -0.2) is 41.1 Å². The molecule has 1 aliphatic carbocycles. The van der Waals surface area contributed by atoms with Gasteiger partial charge in [-0.15, -0.1) is 11.8 Å². The first-order valence-corrected chi connectivity index (χ1v) is 8.41. The van der Waals surface area contributed by atoms with Crippen LogP contribution < -0.4 is 5.32 Å². The highest BCUT2D eigenvalue weighted by Gasteiger charge is 2.43. The molecule has 4 nitrogen and oxygen atoms in total. The molecule has 2 unspecified atom stereocenters. The molecule has 4 rings (SSSR count). The Hall–Kier alpha value is -1.49. The summed E-state index contributed by atoms with van der Waals surface area (Å²) >= 11 is 1.83. The molecule has 0 aromatic heterocycles. The fraction of sp³-hybridized carbons (Fsp3) is 0.500. The third-order valence-corrected chi connectivity index (χ3v) is 5.76. The Morgan fingerprint density at radius 3 is 2.81 bits per heavy atom. The van der Waals surface area contributed by atoms with Crippen molar-refractivity contribution >= 4 is 23.6 Å². The monoisotopic (exact) mass is 302 g/mol. The van der Waals surface area contributed by atoms with Gasteiger partial charge in [-0.25, -0.2) is 0 Å². The fourth-order valence-electron chi connectivity index (χ4n) is 3.23. The lowest BCUT2D eigenvalue weighted by molar-refractivity contribution is -0.144. The highest BCUT2D eigenvalue weighted by atomic mass is 32.2. The van der Waals surface area contributed by atoms with Gasteiger partial charge in [0.1, 0.15) is 6.04 Å². The van der Waals surface area contributed by atoms with E-state index in [1.165, 1.54) is 10.5 Å². The molecule has 1 aromatic rings. The van der Waals surface area contributed by atoms with E-state index in [1.807, 2.05) is 11.8 Å². The number of thioether (sulfide) groups is 1. The van der Waals surface area contributed by atoms with Gasteiger partial charge < -0.3 is 10.2 Å². The molecule has 1 saturated carbocycles. The zero-order valence-corrected chi connectivity index (χ0v) is 12.6. The maximum atomic E-state index is 12.5. The minimum absolute atomic E-state index is 0.00740. The zero-order valence-electron chi connectivity index (χ0n) is 11.7. The second-order valence-electron chi connectivity index (χ2n) is 6.15. The van der Waals surface area contributed by atoms with Crippen molar-refractivity contribution in [2.24, 2.45) is 5.92 Å². The van der Waals surface area contributed by atoms with E-state index >= 15 is 0 Å². The number of amides is 2. The van der Waals surface area contributed by atoms with Crippen LogP contribution >= 0.6 is 11.8 Å². The summed E-state index contributed by atoms with van der Waals surface area (Å²) < 4.78 is 0. The van der Waals surface area contributed by atoms with Gasteiger partial charge in [0.05, 0.1) is 6.54 Å². The molecule has 0 spiro atoms. The van der Waals surface area contributed by atoms with Crippen LogP contribution in [0.4, 0.5) is 0 Å². The van der Waals surface area contributed by atoms with Gasteiger partial charge >= 0.3 is 0 Å². The number of piperazine rings is 1. The van der Waals surface area contributed by atoms with Crippen LogP contribution in [0.2, 0.25) is 0 Å². The smallest absolute Gasteiger partial charge is 0.245 e. The minimum atomic E-state index is -0.264. The van der Waals surface area contributed by atoms with E-state index in [4.69, 9.17) is 0 Å². The molecule has 21 heavy (non-hydrogen) atoms. The number of rotatable bonds is 3. The third kappa shape index (κ3) is 2.55. The predicted octanol–water partition coefficient (Wildman–Crippen LogP) is 1.44. The maximum absolute atomic E-state index is 12.5. The molecule has 0 bridgehead atoms. The van der Waals surface area contributed by atoms with Gasteiger partial charge in [0.25, 0.3) is 0 Å². The number of fused-ring (bicyclic) bond motifs is 1. The topological polar surface area (TPSA) is 49.4 Å². The number of benzene rings is 1. The fourth-order valence-corrected chi connectivity index (χ4v) is 4.57. The van der Waals surface area contributed by atoms with Crippen molar-refractivity contribution in [3.63, 3.8) is 0 Å². The van der Waals surface area contributed by atoms with Gasteiger partial charge in [0.15, 0.2) is 0 Å². The minimum Gasteiger partial charge on any atom is -0.342 e. The van der Waals surface area contributed by atoms with Crippen LogP contribution in [0.1, 0.15) is 18.4 Å². The van der Waals surface area contributed by atoms with Crippen molar-refractivity contribution in [1.29, 1.82) is 0 Å². The van der Waals surface area contributed by atoms with Crippen molar-refractivity contribution < 1.29 is 9.59 Å². The second kappa shape index (κ2) is 5.05. The van der Waals surface area contributed by atoms with Gasteiger partial charge in [-0.3, -0.25) is 9.59 Å². The van der Waals surface area contributed by atoms with Gasteiger partial charge in [-0.05, 0) is 36.8 Å². The highest BCUT2D eigenvalue weighted by molar-refractivity contribution is 8.00. The van der Waals surface area contributed by atoms with Crippen LogP contribution in [0.3, 0.4) is 0 Å². The van der Waals surface area contributed by atoms with Gasteiger partial charge in [-0.2, -0.15) is 0 Å². The van der Waals surface area contributed by atoms with Gasteiger partial charge in [-0.1, -0.05) is 18.2 Å². The molecule has 2 aliphatic heterocycles. The van der Waals surface area contributed by atoms with E-state index in [2.05, 4.69) is 29.6 Å². The molecule has 2 atom stereocenters. The predicted molar refractivity (Wildman–Crippen MR) is 81.0 cm³/mol. The number of carbonyl (C=O) groups excluding carboxylic acids is 2. The Balaban J connectivity index is 1.45. The average Bonchev–Trinajstić information content (AvgIpc) is 3.22. The first kappa shape index (κ1) is 13.2. The molecule has 2 heterocycles. The van der Waals surface area contributed by atoms with Crippen molar-refractivity contribution in [3.8, 4) is 0 Å². The van der Waals surface area contributed by atoms with E-state index in [0.29, 0.717) is 17.7 Å². The molecule has 3 aliphatic rings. The Morgan fingerprint density at radius 1 is 1.24 bits per heavy atom. The number of nitrogens with one attached hydrogen (secondary N) is 1. The van der Waals surface area contributed by atoms with E-state index in [-0.39, 0.29) is 24.4 Å². The van der Waals surface area contributed by atoms with Crippen LogP contribution in [0.15, 0.2) is 29.2 Å². The molecule has 110 valence electrons. The lowest BCUT2D eigenvalue weighted by atomic mass is 10.1. The average molecular weight is 302 g/mol. The van der Waals surface area contributed by atoms with Gasteiger partial charge in [0.2, 0.25) is 11.8 Å². The highest BCUT2D eigenvalue weighted by Crippen LogP contribution is 2.38. The molecule has 5 heteroatoms. The van der Waals surface area contributed by atoms with Crippen LogP contribution in [0.5, 0.6) is 0 Å². The first-order chi connectivity index (χ1) is 10.2. The SMILES string of the molecule is O=C1CN(CC2Cc3ccccc3S2)C(=O)C(C2CC2)N1. The molecule has 1 saturated heterocycles. The van der Waals surface area contributed by atoms with Gasteiger partial charge in [0, 0.05) is 16.7 Å². The molecule has 1 aromatic carbocycles. The Kier molecular flexibility index (Phi) is 3.17. The summed E-state index contributed by atoms with van der Waals surface area (Å²) in [7, 11) is 0. The summed E-state index contributed by atoms with van der Waals surface area (Å²) in [5.74, 6) is 0.485. The Morgan fingerprint density at radius 2 is 2.05 bits per heavy atom. The number of nitrogens with zero attached hydrogens (tertiary/aromatic N) is 1. The van der Waals surface area contributed by atoms with E-state index in [9.17, 15) is 9.59 Å². The number of carbonyl (C=O) groups is 2. The summed E-state index contributed by atoms with van der Waals surface area (Å²) in [6, 6.07) is 8.14. The summed E-state index contributed by atoms with van der Waals surface area (Å²) in [6.45, 7) is 0.893. The Bertz CT molecular complexity index is 575. The number of hydrogen-bond donors (Lipinski definition) is 1. The van der Waals surface area contributed by atoms with Crippen LogP contribution in [0, 0.1) is 5.92 Å². The summed E-state index contributed by atoms with van der Waals surface area (Å²) in [6.07, 6.45) is 3.11. The lowest BCUT2D eigenvalue weighted by Gasteiger charge is -2.34. The summed E-state index contributed by atoms with van der Waals surface area (Å²) in [5, 5.41) is 3.24. The third-order valence-electron chi connectivity index (χ3n) is 4.46. The number of hydrogen-bond acceptors (Lipinski definition) is 3. The maximum Gasteiger partial charge on any atom is 0.245 e. The zero-order chi connectivity index (χ0) is 14.4. The normalized spacial score (nSPS) is 28.5. The first-order valence-electron chi connectivity index (χ1n) is 7.53. The molecule has 0 radical (unpaired) electrons. The second-order valence-corrected chi connectivity index (χ2v) is 7.50. The van der Waals surface area contributed by atoms with E-state index in [1.54, 1.807) is 4.90 Å². The molecular weight excluding hydrogens is 284 g/mol. The van der Waals surface area contributed by atoms with Crippen molar-refractivity contribution in [1.82, 2.24) is 10.2 Å². The van der Waals surface area contributed by atoms with Crippen LogP contribution in [-0.2, 0) is 16.0 Å². The van der Waals surface area contributed by atoms with Crippen molar-refractivity contribution in [2.75, 3.05) is 13.1 Å². The largest absolute Gasteiger partial charge is 0.342 e. The molecule has 1 N–H and O–H groups in total. The van der Waals surface area contributed by atoms with Crippen molar-refractivity contribution in [3.05, 3.63) is 29.8 Å². The molecular formula is C16H18N2O2S. The summed E-state index contributed by atoms with van der Waals surface area (Å²) in [5.41, 5.74) is 1.36. The van der Waals surface area contributed by atoms with E-state index in [0.717, 1.165) is 19.3 Å².